The number of aryl methyl sites for hydroxylation is 2. The van der Waals surface area contributed by atoms with E-state index >= 15 is 0 Å². The van der Waals surface area contributed by atoms with E-state index in [9.17, 15) is 9.59 Å². The van der Waals surface area contributed by atoms with Gasteiger partial charge in [-0.3, -0.25) is 9.59 Å². The lowest BCUT2D eigenvalue weighted by Crippen LogP contribution is -2.30. The molecule has 4 nitrogen and oxygen atoms in total. The van der Waals surface area contributed by atoms with Crippen molar-refractivity contribution in [3.63, 3.8) is 0 Å². The van der Waals surface area contributed by atoms with Gasteiger partial charge in [-0.1, -0.05) is 26.2 Å². The summed E-state index contributed by atoms with van der Waals surface area (Å²) in [5.41, 5.74) is 1.64. The van der Waals surface area contributed by atoms with Gasteiger partial charge in [0.15, 0.2) is 5.43 Å². The molecule has 0 aliphatic rings. The van der Waals surface area contributed by atoms with Crippen molar-refractivity contribution < 1.29 is 4.79 Å². The highest BCUT2D eigenvalue weighted by molar-refractivity contribution is 5.75. The molecule has 1 aromatic rings. The second-order valence-electron chi connectivity index (χ2n) is 4.97. The maximum absolute atomic E-state index is 11.8. The summed E-state index contributed by atoms with van der Waals surface area (Å²) in [6.07, 6.45) is 4.60. The Morgan fingerprint density at radius 1 is 1.16 bits per heavy atom. The second kappa shape index (κ2) is 7.77. The second-order valence-corrected chi connectivity index (χ2v) is 4.97. The van der Waals surface area contributed by atoms with Gasteiger partial charge in [-0.05, 0) is 20.3 Å². The number of unbranched alkanes of at least 4 members (excludes halogenated alkanes) is 3. The smallest absolute Gasteiger partial charge is 0.239 e. The lowest BCUT2D eigenvalue weighted by Gasteiger charge is -2.14. The van der Waals surface area contributed by atoms with Crippen molar-refractivity contribution in [3.05, 3.63) is 33.7 Å². The first-order chi connectivity index (χ1) is 9.04. The first-order valence-corrected chi connectivity index (χ1v) is 6.99. The molecule has 1 rings (SSSR count). The molecule has 1 aromatic heterocycles. The summed E-state index contributed by atoms with van der Waals surface area (Å²) >= 11 is 0. The monoisotopic (exact) mass is 264 g/mol. The van der Waals surface area contributed by atoms with Gasteiger partial charge >= 0.3 is 0 Å². The average molecular weight is 264 g/mol. The number of carbonyl (C=O) groups is 1. The molecule has 0 atom stereocenters. The van der Waals surface area contributed by atoms with Crippen molar-refractivity contribution >= 4 is 5.91 Å². The molecule has 0 radical (unpaired) electrons. The van der Waals surface area contributed by atoms with Gasteiger partial charge < -0.3 is 9.88 Å². The van der Waals surface area contributed by atoms with Gasteiger partial charge in [0.2, 0.25) is 5.91 Å². The minimum Gasteiger partial charge on any atom is -0.355 e. The third kappa shape index (κ3) is 5.28. The van der Waals surface area contributed by atoms with E-state index in [1.807, 2.05) is 18.4 Å². The Balaban J connectivity index is 2.47. The van der Waals surface area contributed by atoms with Gasteiger partial charge in [-0.25, -0.2) is 0 Å². The number of nitrogens with one attached hydrogen (secondary N) is 1. The third-order valence-corrected chi connectivity index (χ3v) is 3.21. The molecule has 0 saturated heterocycles. The molecule has 4 heteroatoms. The van der Waals surface area contributed by atoms with Crippen LogP contribution in [-0.2, 0) is 11.3 Å². The minimum atomic E-state index is -0.00813. The zero-order valence-electron chi connectivity index (χ0n) is 12.2. The molecule has 0 aliphatic carbocycles. The zero-order valence-corrected chi connectivity index (χ0v) is 12.2. The van der Waals surface area contributed by atoms with E-state index in [-0.39, 0.29) is 17.9 Å². The van der Waals surface area contributed by atoms with E-state index in [0.29, 0.717) is 0 Å². The van der Waals surface area contributed by atoms with Crippen molar-refractivity contribution in [1.29, 1.82) is 0 Å². The van der Waals surface area contributed by atoms with E-state index < -0.39 is 0 Å². The number of amides is 1. The van der Waals surface area contributed by atoms with Crippen molar-refractivity contribution in [2.45, 2.75) is 53.0 Å². The van der Waals surface area contributed by atoms with Crippen LogP contribution in [0.2, 0.25) is 0 Å². The van der Waals surface area contributed by atoms with E-state index in [0.717, 1.165) is 30.8 Å². The number of hydrogen-bond donors (Lipinski definition) is 1. The highest BCUT2D eigenvalue weighted by Crippen LogP contribution is 2.01. The van der Waals surface area contributed by atoms with Crippen LogP contribution >= 0.6 is 0 Å². The van der Waals surface area contributed by atoms with Crippen molar-refractivity contribution in [2.24, 2.45) is 0 Å². The number of aromatic nitrogens is 1. The molecule has 0 spiro atoms. The summed E-state index contributed by atoms with van der Waals surface area (Å²) in [7, 11) is 0. The molecular weight excluding hydrogens is 240 g/mol. The summed E-state index contributed by atoms with van der Waals surface area (Å²) < 4.78 is 1.86. The molecule has 0 saturated carbocycles. The Bertz CT molecular complexity index is 451. The molecule has 106 valence electrons. The van der Waals surface area contributed by atoms with Crippen molar-refractivity contribution in [3.8, 4) is 0 Å². The summed E-state index contributed by atoms with van der Waals surface area (Å²) in [5, 5.41) is 2.92. The Morgan fingerprint density at radius 2 is 1.79 bits per heavy atom. The van der Waals surface area contributed by atoms with Crippen LogP contribution in [0.5, 0.6) is 0 Å². The van der Waals surface area contributed by atoms with E-state index in [1.54, 1.807) is 12.1 Å². The highest BCUT2D eigenvalue weighted by Gasteiger charge is 2.06. The lowest BCUT2D eigenvalue weighted by atomic mass is 10.2. The Morgan fingerprint density at radius 3 is 2.37 bits per heavy atom. The third-order valence-electron chi connectivity index (χ3n) is 3.21. The standard InChI is InChI=1S/C15H24N2O2/c1-4-5-6-7-8-16-15(19)11-17-12(2)9-14(18)10-13(17)3/h9-10H,4-8,11H2,1-3H3,(H,16,19). The quantitative estimate of drug-likeness (QED) is 0.767. The number of pyridine rings is 1. The predicted molar refractivity (Wildman–Crippen MR) is 77.3 cm³/mol. The summed E-state index contributed by atoms with van der Waals surface area (Å²) in [4.78, 5) is 23.1. The molecule has 1 amide bonds. The van der Waals surface area contributed by atoms with E-state index in [1.165, 1.54) is 12.8 Å². The first-order valence-electron chi connectivity index (χ1n) is 6.99. The zero-order chi connectivity index (χ0) is 14.3. The van der Waals surface area contributed by atoms with Gasteiger partial charge in [0.25, 0.3) is 0 Å². The molecule has 1 heterocycles. The van der Waals surface area contributed by atoms with Crippen LogP contribution in [-0.4, -0.2) is 17.0 Å². The molecule has 19 heavy (non-hydrogen) atoms. The fourth-order valence-electron chi connectivity index (χ4n) is 2.12. The van der Waals surface area contributed by atoms with E-state index in [4.69, 9.17) is 0 Å². The number of nitrogens with zero attached hydrogens (tertiary/aromatic N) is 1. The summed E-state index contributed by atoms with van der Waals surface area (Å²) in [6.45, 7) is 6.88. The van der Waals surface area contributed by atoms with Crippen LogP contribution in [0.3, 0.4) is 0 Å². The lowest BCUT2D eigenvalue weighted by molar-refractivity contribution is -0.121. The Labute approximate surface area is 114 Å². The van der Waals surface area contributed by atoms with Crippen LogP contribution in [0.1, 0.15) is 44.0 Å². The Kier molecular flexibility index (Phi) is 6.33. The van der Waals surface area contributed by atoms with Gasteiger partial charge in [0, 0.05) is 30.1 Å². The molecule has 0 unspecified atom stereocenters. The van der Waals surface area contributed by atoms with Crippen LogP contribution in [0, 0.1) is 13.8 Å². The molecule has 0 aromatic carbocycles. The fraction of sp³-hybridized carbons (Fsp3) is 0.600. The maximum atomic E-state index is 11.8. The van der Waals surface area contributed by atoms with Crippen LogP contribution in [0.15, 0.2) is 16.9 Å². The van der Waals surface area contributed by atoms with Gasteiger partial charge in [-0.15, -0.1) is 0 Å². The largest absolute Gasteiger partial charge is 0.355 e. The maximum Gasteiger partial charge on any atom is 0.239 e. The van der Waals surface area contributed by atoms with Gasteiger partial charge in [-0.2, -0.15) is 0 Å². The fourth-order valence-corrected chi connectivity index (χ4v) is 2.12. The average Bonchev–Trinajstić information content (AvgIpc) is 2.33. The summed E-state index contributed by atoms with van der Waals surface area (Å²) in [6, 6.07) is 3.11. The number of carbonyl (C=O) groups excluding carboxylic acids is 1. The molecule has 0 aliphatic heterocycles. The Hall–Kier alpha value is -1.58. The molecule has 0 fully saturated rings. The van der Waals surface area contributed by atoms with Crippen molar-refractivity contribution in [2.75, 3.05) is 6.54 Å². The molecular formula is C15H24N2O2. The first kappa shape index (κ1) is 15.5. The normalized spacial score (nSPS) is 10.5. The van der Waals surface area contributed by atoms with E-state index in [2.05, 4.69) is 12.2 Å². The van der Waals surface area contributed by atoms with Crippen LogP contribution < -0.4 is 10.7 Å². The SMILES string of the molecule is CCCCCCNC(=O)Cn1c(C)cc(=O)cc1C. The van der Waals surface area contributed by atoms with Crippen LogP contribution in [0.4, 0.5) is 0 Å². The van der Waals surface area contributed by atoms with Crippen molar-refractivity contribution in [1.82, 2.24) is 9.88 Å². The highest BCUT2D eigenvalue weighted by atomic mass is 16.2. The number of hydrogen-bond acceptors (Lipinski definition) is 2. The number of rotatable bonds is 7. The van der Waals surface area contributed by atoms with Gasteiger partial charge in [0.05, 0.1) is 0 Å². The minimum absolute atomic E-state index is 0.00588. The summed E-state index contributed by atoms with van der Waals surface area (Å²) in [5.74, 6) is 0.00588. The molecule has 1 N–H and O–H groups in total. The van der Waals surface area contributed by atoms with Crippen LogP contribution in [0.25, 0.3) is 0 Å². The molecule has 0 bridgehead atoms. The topological polar surface area (TPSA) is 51.1 Å². The predicted octanol–water partition coefficient (Wildman–Crippen LogP) is 2.16. The van der Waals surface area contributed by atoms with Gasteiger partial charge in [0.1, 0.15) is 6.54 Å².